The van der Waals surface area contributed by atoms with Gasteiger partial charge in [0.1, 0.15) is 17.1 Å². The van der Waals surface area contributed by atoms with E-state index in [0.29, 0.717) is 0 Å². The standard InChI is InChI=1S/C17H10FNO4S2/c18-12-4-2-1-3-9(12)7-14-15(21)19(17(24)25-14)10-5-6-13(20)11(8-10)16(22)23/h1-8,20H,(H,22,23)/b14-7-. The summed E-state index contributed by atoms with van der Waals surface area (Å²) in [7, 11) is 0. The SMILES string of the molecule is O=C(O)c1cc(N2C(=O)/C(=C/c3ccccc3F)SC2=S)ccc1O. The molecular weight excluding hydrogens is 365 g/mol. The molecule has 0 spiro atoms. The number of benzene rings is 2. The number of amides is 1. The summed E-state index contributed by atoms with van der Waals surface area (Å²) in [4.78, 5) is 25.1. The van der Waals surface area contributed by atoms with Gasteiger partial charge in [-0.1, -0.05) is 42.2 Å². The van der Waals surface area contributed by atoms with E-state index in [1.54, 1.807) is 12.1 Å². The lowest BCUT2D eigenvalue weighted by atomic mass is 10.1. The van der Waals surface area contributed by atoms with E-state index in [1.165, 1.54) is 30.3 Å². The molecule has 8 heteroatoms. The van der Waals surface area contributed by atoms with E-state index < -0.39 is 23.4 Å². The van der Waals surface area contributed by atoms with Gasteiger partial charge in [0.2, 0.25) is 0 Å². The monoisotopic (exact) mass is 375 g/mol. The van der Waals surface area contributed by atoms with Crippen LogP contribution in [0.25, 0.3) is 6.08 Å². The van der Waals surface area contributed by atoms with E-state index >= 15 is 0 Å². The number of phenols is 1. The van der Waals surface area contributed by atoms with Crippen LogP contribution in [0.1, 0.15) is 15.9 Å². The van der Waals surface area contributed by atoms with Gasteiger partial charge in [-0.2, -0.15) is 0 Å². The van der Waals surface area contributed by atoms with Crippen LogP contribution in [0.15, 0.2) is 47.4 Å². The Balaban J connectivity index is 1.99. The molecule has 0 aliphatic carbocycles. The summed E-state index contributed by atoms with van der Waals surface area (Å²) in [5, 5.41) is 18.7. The van der Waals surface area contributed by atoms with Crippen molar-refractivity contribution in [2.45, 2.75) is 0 Å². The molecule has 1 fully saturated rings. The third-order valence-electron chi connectivity index (χ3n) is 3.45. The van der Waals surface area contributed by atoms with Crippen LogP contribution in [-0.2, 0) is 4.79 Å². The van der Waals surface area contributed by atoms with Crippen molar-refractivity contribution in [1.82, 2.24) is 0 Å². The fraction of sp³-hybridized carbons (Fsp3) is 0. The quantitative estimate of drug-likeness (QED) is 0.630. The highest BCUT2D eigenvalue weighted by atomic mass is 32.2. The fourth-order valence-electron chi connectivity index (χ4n) is 2.26. The maximum atomic E-state index is 13.8. The smallest absolute Gasteiger partial charge is 0.339 e. The summed E-state index contributed by atoms with van der Waals surface area (Å²) < 4.78 is 14.0. The first-order valence-corrected chi connectivity index (χ1v) is 8.20. The molecule has 126 valence electrons. The molecule has 1 amide bonds. The summed E-state index contributed by atoms with van der Waals surface area (Å²) in [5.74, 6) is -2.69. The van der Waals surface area contributed by atoms with Crippen molar-refractivity contribution in [2.75, 3.05) is 4.90 Å². The van der Waals surface area contributed by atoms with E-state index in [1.807, 2.05) is 0 Å². The van der Waals surface area contributed by atoms with Crippen LogP contribution in [0.2, 0.25) is 0 Å². The molecule has 0 unspecified atom stereocenters. The molecule has 0 radical (unpaired) electrons. The first-order valence-electron chi connectivity index (χ1n) is 6.97. The zero-order valence-electron chi connectivity index (χ0n) is 12.5. The molecule has 1 aliphatic rings. The second-order valence-corrected chi connectivity index (χ2v) is 6.72. The number of aromatic hydroxyl groups is 1. The largest absolute Gasteiger partial charge is 0.507 e. The van der Waals surface area contributed by atoms with Crippen LogP contribution in [0.5, 0.6) is 5.75 Å². The van der Waals surface area contributed by atoms with Crippen LogP contribution >= 0.6 is 24.0 Å². The number of nitrogens with zero attached hydrogens (tertiary/aromatic N) is 1. The second-order valence-electron chi connectivity index (χ2n) is 5.05. The van der Waals surface area contributed by atoms with Crippen LogP contribution in [0, 0.1) is 5.82 Å². The highest BCUT2D eigenvalue weighted by molar-refractivity contribution is 8.27. The number of carboxylic acids is 1. The Morgan fingerprint density at radius 1 is 1.24 bits per heavy atom. The van der Waals surface area contributed by atoms with Crippen molar-refractivity contribution in [3.8, 4) is 5.75 Å². The lowest BCUT2D eigenvalue weighted by Crippen LogP contribution is -2.27. The summed E-state index contributed by atoms with van der Waals surface area (Å²) in [6, 6.07) is 9.73. The van der Waals surface area contributed by atoms with Crippen LogP contribution in [-0.4, -0.2) is 26.4 Å². The molecule has 0 bridgehead atoms. The number of hydrogen-bond donors (Lipinski definition) is 2. The Kier molecular flexibility index (Phi) is 4.56. The molecule has 25 heavy (non-hydrogen) atoms. The maximum absolute atomic E-state index is 13.8. The topological polar surface area (TPSA) is 77.8 Å². The van der Waals surface area contributed by atoms with Crippen molar-refractivity contribution in [3.63, 3.8) is 0 Å². The van der Waals surface area contributed by atoms with E-state index in [4.69, 9.17) is 17.3 Å². The van der Waals surface area contributed by atoms with E-state index in [0.717, 1.165) is 22.7 Å². The normalized spacial score (nSPS) is 15.9. The molecule has 1 aliphatic heterocycles. The minimum Gasteiger partial charge on any atom is -0.507 e. The predicted molar refractivity (Wildman–Crippen MR) is 97.1 cm³/mol. The van der Waals surface area contributed by atoms with Gasteiger partial charge in [-0.3, -0.25) is 9.69 Å². The van der Waals surface area contributed by atoms with Gasteiger partial charge in [-0.15, -0.1) is 0 Å². The molecule has 2 aromatic rings. The zero-order valence-corrected chi connectivity index (χ0v) is 14.1. The average Bonchev–Trinajstić information content (AvgIpc) is 2.84. The Hall–Kier alpha value is -2.71. The number of carboxylic acid groups (broad SMARTS) is 1. The lowest BCUT2D eigenvalue weighted by Gasteiger charge is -2.15. The highest BCUT2D eigenvalue weighted by Crippen LogP contribution is 2.37. The number of thioether (sulfide) groups is 1. The number of aromatic carboxylic acids is 1. The molecule has 1 heterocycles. The Morgan fingerprint density at radius 2 is 1.96 bits per heavy atom. The summed E-state index contributed by atoms with van der Waals surface area (Å²) >= 11 is 6.18. The number of rotatable bonds is 3. The Labute approximate surface area is 151 Å². The molecule has 2 N–H and O–H groups in total. The van der Waals surface area contributed by atoms with E-state index in [9.17, 15) is 19.1 Å². The zero-order chi connectivity index (χ0) is 18.1. The lowest BCUT2D eigenvalue weighted by molar-refractivity contribution is -0.113. The van der Waals surface area contributed by atoms with Crippen LogP contribution < -0.4 is 4.90 Å². The predicted octanol–water partition coefficient (Wildman–Crippen LogP) is 3.64. The number of halogens is 1. The number of carbonyl (C=O) groups excluding carboxylic acids is 1. The first kappa shape index (κ1) is 17.1. The summed E-state index contributed by atoms with van der Waals surface area (Å²) in [6.45, 7) is 0. The Morgan fingerprint density at radius 3 is 2.64 bits per heavy atom. The minimum absolute atomic E-state index is 0.189. The summed E-state index contributed by atoms with van der Waals surface area (Å²) in [6.07, 6.45) is 1.40. The molecular formula is C17H10FNO4S2. The van der Waals surface area contributed by atoms with Gasteiger partial charge in [-0.25, -0.2) is 9.18 Å². The van der Waals surface area contributed by atoms with Crippen molar-refractivity contribution in [2.24, 2.45) is 0 Å². The van der Waals surface area contributed by atoms with Gasteiger partial charge in [0.15, 0.2) is 4.32 Å². The van der Waals surface area contributed by atoms with Crippen molar-refractivity contribution in [3.05, 3.63) is 64.3 Å². The van der Waals surface area contributed by atoms with Gasteiger partial charge < -0.3 is 10.2 Å². The highest BCUT2D eigenvalue weighted by Gasteiger charge is 2.34. The number of thiocarbonyl (C=S) groups is 1. The molecule has 2 aromatic carbocycles. The number of anilines is 1. The first-order chi connectivity index (χ1) is 11.9. The van der Waals surface area contributed by atoms with Gasteiger partial charge in [-0.05, 0) is 30.3 Å². The third kappa shape index (κ3) is 3.26. The van der Waals surface area contributed by atoms with Crippen molar-refractivity contribution >= 4 is 51.9 Å². The average molecular weight is 375 g/mol. The Bertz CT molecular complexity index is 942. The number of hydrogen-bond acceptors (Lipinski definition) is 5. The van der Waals surface area contributed by atoms with Crippen molar-refractivity contribution in [1.29, 1.82) is 0 Å². The van der Waals surface area contributed by atoms with Crippen LogP contribution in [0.4, 0.5) is 10.1 Å². The number of carbonyl (C=O) groups is 2. The van der Waals surface area contributed by atoms with Gasteiger partial charge in [0.25, 0.3) is 5.91 Å². The molecule has 1 saturated heterocycles. The van der Waals surface area contributed by atoms with Gasteiger partial charge in [0.05, 0.1) is 10.6 Å². The van der Waals surface area contributed by atoms with Gasteiger partial charge in [0, 0.05) is 5.56 Å². The van der Waals surface area contributed by atoms with E-state index in [-0.39, 0.29) is 26.0 Å². The second kappa shape index (κ2) is 6.66. The minimum atomic E-state index is -1.33. The molecule has 0 atom stereocenters. The van der Waals surface area contributed by atoms with Crippen molar-refractivity contribution < 1.29 is 24.2 Å². The fourth-order valence-corrected chi connectivity index (χ4v) is 3.55. The van der Waals surface area contributed by atoms with E-state index in [2.05, 4.69) is 0 Å². The van der Waals surface area contributed by atoms with Crippen LogP contribution in [0.3, 0.4) is 0 Å². The molecule has 0 aromatic heterocycles. The van der Waals surface area contributed by atoms with Gasteiger partial charge >= 0.3 is 5.97 Å². The molecule has 5 nitrogen and oxygen atoms in total. The third-order valence-corrected chi connectivity index (χ3v) is 4.76. The molecule has 3 rings (SSSR count). The maximum Gasteiger partial charge on any atom is 0.339 e. The molecule has 0 saturated carbocycles. The summed E-state index contributed by atoms with van der Waals surface area (Å²) in [5.41, 5.74) is 0.124.